The minimum Gasteiger partial charge on any atom is -0.404 e. The van der Waals surface area contributed by atoms with E-state index in [2.05, 4.69) is 15.6 Å². The zero-order valence-corrected chi connectivity index (χ0v) is 33.4. The van der Waals surface area contributed by atoms with E-state index in [0.29, 0.717) is 104 Å². The maximum absolute atomic E-state index is 15.4. The molecule has 1 atom stereocenters. The molecule has 61 heavy (non-hydrogen) atoms. The van der Waals surface area contributed by atoms with Crippen LogP contribution in [0.15, 0.2) is 65.9 Å². The number of morpholine rings is 1. The van der Waals surface area contributed by atoms with Crippen LogP contribution in [0.4, 0.5) is 14.5 Å². The number of halogens is 2. The number of para-hydroxylation sites is 1. The van der Waals surface area contributed by atoms with Crippen LogP contribution in [0.3, 0.4) is 0 Å². The second kappa shape index (κ2) is 18.0. The number of nitrogens with zero attached hydrogens (tertiary/aromatic N) is 6. The van der Waals surface area contributed by atoms with E-state index >= 15 is 8.78 Å². The van der Waals surface area contributed by atoms with Gasteiger partial charge in [-0.15, -0.1) is 0 Å². The van der Waals surface area contributed by atoms with Gasteiger partial charge in [-0.05, 0) is 61.6 Å². The summed E-state index contributed by atoms with van der Waals surface area (Å²) in [5.74, 6) is -3.55. The molecule has 0 saturated carbocycles. The molecule has 0 aliphatic carbocycles. The largest absolute Gasteiger partial charge is 0.404 e. The van der Waals surface area contributed by atoms with Gasteiger partial charge in [0.25, 0.3) is 11.8 Å². The van der Waals surface area contributed by atoms with Crippen molar-refractivity contribution >= 4 is 58.0 Å². The van der Waals surface area contributed by atoms with Gasteiger partial charge in [0.1, 0.15) is 17.7 Å². The second-order valence-corrected chi connectivity index (χ2v) is 15.5. The van der Waals surface area contributed by atoms with E-state index in [9.17, 15) is 24.0 Å². The zero-order chi connectivity index (χ0) is 42.6. The number of allylic oxidation sites excluding steroid dienone is 1. The molecule has 5 amide bonds. The highest BCUT2D eigenvalue weighted by atomic mass is 19.1. The van der Waals surface area contributed by atoms with Gasteiger partial charge in [-0.1, -0.05) is 18.2 Å². The fraction of sp³-hybridized carbons (Fsp3) is 0.364. The Balaban J connectivity index is 0.841. The summed E-state index contributed by atoms with van der Waals surface area (Å²) < 4.78 is 36.1. The molecule has 4 aliphatic heterocycles. The lowest BCUT2D eigenvalue weighted by Gasteiger charge is -2.30. The number of rotatable bonds is 12. The zero-order valence-electron chi connectivity index (χ0n) is 33.4. The van der Waals surface area contributed by atoms with Crippen molar-refractivity contribution in [3.63, 3.8) is 0 Å². The van der Waals surface area contributed by atoms with Crippen LogP contribution in [0.1, 0.15) is 70.5 Å². The third-order valence-electron chi connectivity index (χ3n) is 11.6. The van der Waals surface area contributed by atoms with E-state index in [4.69, 9.17) is 20.4 Å². The van der Waals surface area contributed by atoms with Crippen LogP contribution in [0.2, 0.25) is 0 Å². The van der Waals surface area contributed by atoms with Crippen LogP contribution < -0.4 is 16.4 Å². The van der Waals surface area contributed by atoms with E-state index in [1.165, 1.54) is 24.4 Å². The summed E-state index contributed by atoms with van der Waals surface area (Å²) >= 11 is 0. The van der Waals surface area contributed by atoms with Gasteiger partial charge in [-0.25, -0.2) is 13.8 Å². The molecule has 4 aliphatic rings. The average Bonchev–Trinajstić information content (AvgIpc) is 3.52. The summed E-state index contributed by atoms with van der Waals surface area (Å²) in [5.41, 5.74) is 9.69. The molecule has 4 N–H and O–H groups in total. The first kappa shape index (κ1) is 41.3. The van der Waals surface area contributed by atoms with Gasteiger partial charge in [-0.3, -0.25) is 49.1 Å². The number of carbonyl (C=O) groups is 5. The summed E-state index contributed by atoms with van der Waals surface area (Å²) in [6, 6.07) is 11.7. The number of aromatic nitrogens is 2. The van der Waals surface area contributed by atoms with Crippen molar-refractivity contribution < 1.29 is 37.5 Å². The molecule has 4 aromatic rings. The Hall–Kier alpha value is -6.46. The summed E-state index contributed by atoms with van der Waals surface area (Å²) in [5, 5.41) is 5.38. The van der Waals surface area contributed by atoms with E-state index in [1.54, 1.807) is 42.7 Å². The number of nitrogens with one attached hydrogen (secondary N) is 2. The van der Waals surface area contributed by atoms with Crippen molar-refractivity contribution in [1.82, 2.24) is 30.0 Å². The molecule has 15 nitrogen and oxygen atoms in total. The topological polar surface area (TPSA) is 193 Å². The molecule has 5 heterocycles. The highest BCUT2D eigenvalue weighted by molar-refractivity contribution is 6.25. The van der Waals surface area contributed by atoms with Crippen LogP contribution in [-0.2, 0) is 25.7 Å². The summed E-state index contributed by atoms with van der Waals surface area (Å²) in [6.45, 7) is 3.83. The predicted octanol–water partition coefficient (Wildman–Crippen LogP) is 4.06. The maximum atomic E-state index is 15.4. The van der Waals surface area contributed by atoms with Crippen molar-refractivity contribution in [1.29, 1.82) is 0 Å². The van der Waals surface area contributed by atoms with Crippen molar-refractivity contribution in [2.75, 3.05) is 51.3 Å². The van der Waals surface area contributed by atoms with Crippen LogP contribution in [-0.4, -0.2) is 118 Å². The van der Waals surface area contributed by atoms with Crippen LogP contribution >= 0.6 is 0 Å². The lowest BCUT2D eigenvalue weighted by atomic mass is 10.0. The molecule has 17 heteroatoms. The van der Waals surface area contributed by atoms with Crippen LogP contribution in [0, 0.1) is 11.6 Å². The average molecular weight is 834 g/mol. The Morgan fingerprint density at radius 2 is 1.70 bits per heavy atom. The lowest BCUT2D eigenvalue weighted by molar-refractivity contribution is -0.136. The first-order valence-corrected chi connectivity index (χ1v) is 20.5. The quantitative estimate of drug-likeness (QED) is 0.106. The Labute approximate surface area is 350 Å². The molecular weight excluding hydrogens is 789 g/mol. The third-order valence-corrected chi connectivity index (χ3v) is 11.6. The van der Waals surface area contributed by atoms with Crippen molar-refractivity contribution in [2.24, 2.45) is 10.7 Å². The molecule has 3 aromatic carbocycles. The standard InChI is InChI=1S/C44H45F2N9O6/c45-32-20-26(21-33(46)31(32)25-53-16-18-61-19-17-53)29-4-1-7-35-41(29)51-36(24-50-35)27(22-47)23-49-28-11-14-54(15-12-28)39(57)8-3-13-48-34-6-2-5-30-40(34)44(60)55(43(30)59)37-9-10-38(56)52-42(37)58/h1-2,4-7,20-24,28,37,48H,3,8-19,25,47H2,(H,52,56,58). The fourth-order valence-corrected chi connectivity index (χ4v) is 8.23. The van der Waals surface area contributed by atoms with Gasteiger partial charge in [0, 0.05) is 86.9 Å². The summed E-state index contributed by atoms with van der Waals surface area (Å²) in [6.07, 6.45) is 6.75. The minimum absolute atomic E-state index is 0.00547. The van der Waals surface area contributed by atoms with Crippen LogP contribution in [0.25, 0.3) is 27.7 Å². The third kappa shape index (κ3) is 8.74. The highest BCUT2D eigenvalue weighted by Gasteiger charge is 2.45. The molecule has 0 spiro atoms. The molecule has 1 unspecified atom stereocenters. The number of aliphatic imine (C=N–C) groups is 1. The highest BCUT2D eigenvalue weighted by Crippen LogP contribution is 2.33. The van der Waals surface area contributed by atoms with Gasteiger partial charge in [0.2, 0.25) is 17.7 Å². The molecule has 3 saturated heterocycles. The minimum atomic E-state index is -1.05. The van der Waals surface area contributed by atoms with Gasteiger partial charge in [-0.2, -0.15) is 0 Å². The van der Waals surface area contributed by atoms with Crippen molar-refractivity contribution in [2.45, 2.75) is 57.2 Å². The summed E-state index contributed by atoms with van der Waals surface area (Å²) in [7, 11) is 0. The number of fused-ring (bicyclic) bond motifs is 2. The predicted molar refractivity (Wildman–Crippen MR) is 222 cm³/mol. The van der Waals surface area contributed by atoms with Gasteiger partial charge < -0.3 is 20.7 Å². The van der Waals surface area contributed by atoms with Gasteiger partial charge >= 0.3 is 0 Å². The molecule has 0 bridgehead atoms. The smallest absolute Gasteiger partial charge is 0.264 e. The van der Waals surface area contributed by atoms with Gasteiger partial charge in [0.05, 0.1) is 53.3 Å². The SMILES string of the molecule is NC=C(C=NC1CCN(C(=O)CCCNc2cccc3c2C(=O)N(C2CCC(=O)NC2=O)C3=O)CC1)c1cnc2cccc(-c3cc(F)c(CN4CCOCC4)c(F)c3)c2n1. The normalized spacial score (nSPS) is 19.2. The molecular formula is C44H45F2N9O6. The number of amides is 5. The molecule has 0 radical (unpaired) electrons. The number of ether oxygens (including phenoxy) is 1. The Kier molecular flexibility index (Phi) is 12.2. The van der Waals surface area contributed by atoms with Crippen molar-refractivity contribution in [3.8, 4) is 11.1 Å². The number of carbonyl (C=O) groups excluding carboxylic acids is 5. The Morgan fingerprint density at radius 3 is 2.44 bits per heavy atom. The fourth-order valence-electron chi connectivity index (χ4n) is 8.23. The molecule has 1 aromatic heterocycles. The molecule has 3 fully saturated rings. The van der Waals surface area contributed by atoms with Crippen LogP contribution in [0.5, 0.6) is 0 Å². The second-order valence-electron chi connectivity index (χ2n) is 15.5. The number of hydrogen-bond acceptors (Lipinski definition) is 12. The summed E-state index contributed by atoms with van der Waals surface area (Å²) in [4.78, 5) is 82.6. The number of nitrogens with two attached hydrogens (primary N) is 1. The molecule has 8 rings (SSSR count). The number of piperidine rings is 2. The van der Waals surface area contributed by atoms with E-state index in [0.717, 1.165) is 4.90 Å². The number of anilines is 1. The molecule has 316 valence electrons. The van der Waals surface area contributed by atoms with Crippen molar-refractivity contribution in [3.05, 3.63) is 94.9 Å². The van der Waals surface area contributed by atoms with E-state index in [1.807, 2.05) is 9.80 Å². The Bertz CT molecular complexity index is 2440. The maximum Gasteiger partial charge on any atom is 0.264 e. The Morgan fingerprint density at radius 1 is 0.967 bits per heavy atom. The first-order chi connectivity index (χ1) is 29.6. The number of imide groups is 2. The number of hydrogen-bond donors (Lipinski definition) is 3. The first-order valence-electron chi connectivity index (χ1n) is 20.5. The van der Waals surface area contributed by atoms with E-state index in [-0.39, 0.29) is 54.4 Å². The van der Waals surface area contributed by atoms with Gasteiger partial charge in [0.15, 0.2) is 0 Å². The van der Waals surface area contributed by atoms with E-state index < -0.39 is 41.3 Å². The number of benzene rings is 3. The monoisotopic (exact) mass is 833 g/mol. The lowest BCUT2D eigenvalue weighted by Crippen LogP contribution is -2.54. The number of likely N-dealkylation sites (tertiary alicyclic amines) is 1.